The number of hydrogen-bond acceptors (Lipinski definition) is 2. The summed E-state index contributed by atoms with van der Waals surface area (Å²) in [4.78, 5) is 0. The van der Waals surface area contributed by atoms with E-state index >= 15 is 0 Å². The van der Waals surface area contributed by atoms with Crippen LogP contribution in [0.15, 0.2) is 41.2 Å². The lowest BCUT2D eigenvalue weighted by atomic mass is 10.1. The molecule has 1 aromatic heterocycles. The van der Waals surface area contributed by atoms with Gasteiger partial charge in [0.2, 0.25) is 0 Å². The molecule has 13 heavy (non-hydrogen) atoms. The summed E-state index contributed by atoms with van der Waals surface area (Å²) in [6, 6.07) is 8.45. The average Bonchev–Trinajstić information content (AvgIpc) is 2.57. The van der Waals surface area contributed by atoms with E-state index in [-0.39, 0.29) is 0 Å². The van der Waals surface area contributed by atoms with Gasteiger partial charge in [0, 0.05) is 12.0 Å². The Morgan fingerprint density at radius 2 is 2.23 bits per heavy atom. The van der Waals surface area contributed by atoms with E-state index in [0.717, 1.165) is 12.0 Å². The molecule has 0 bridgehead atoms. The quantitative estimate of drug-likeness (QED) is 0.697. The van der Waals surface area contributed by atoms with E-state index in [1.165, 1.54) is 11.1 Å². The molecule has 0 amide bonds. The maximum absolute atomic E-state index is 4.77. The number of benzene rings is 1. The van der Waals surface area contributed by atoms with Gasteiger partial charge in [0.05, 0.1) is 6.20 Å². The molecule has 0 radical (unpaired) electrons. The largest absolute Gasteiger partial charge is 0.364 e. The molecule has 0 aliphatic carbocycles. The predicted molar refractivity (Wildman–Crippen MR) is 50.5 cm³/mol. The molecule has 0 aliphatic heterocycles. The lowest BCUT2D eigenvalue weighted by Gasteiger charge is -1.98. The minimum atomic E-state index is 0.894. The van der Waals surface area contributed by atoms with Crippen molar-refractivity contribution in [3.63, 3.8) is 0 Å². The smallest absolute Gasteiger partial charge is 0.127 e. The van der Waals surface area contributed by atoms with E-state index in [9.17, 15) is 0 Å². The molecule has 2 heteroatoms. The SMILES string of the molecule is Cc1cccc(Cc2cnoc2)c1. The van der Waals surface area contributed by atoms with Crippen LogP contribution in [0.1, 0.15) is 16.7 Å². The van der Waals surface area contributed by atoms with Gasteiger partial charge >= 0.3 is 0 Å². The van der Waals surface area contributed by atoms with Crippen molar-refractivity contribution in [3.8, 4) is 0 Å². The fourth-order valence-electron chi connectivity index (χ4n) is 1.37. The van der Waals surface area contributed by atoms with Gasteiger partial charge in [0.25, 0.3) is 0 Å². The molecule has 0 aliphatic rings. The van der Waals surface area contributed by atoms with Gasteiger partial charge in [-0.25, -0.2) is 0 Å². The van der Waals surface area contributed by atoms with Crippen LogP contribution in [0.2, 0.25) is 0 Å². The van der Waals surface area contributed by atoms with Gasteiger partial charge in [0.15, 0.2) is 0 Å². The van der Waals surface area contributed by atoms with Gasteiger partial charge < -0.3 is 4.52 Å². The summed E-state index contributed by atoms with van der Waals surface area (Å²) in [7, 11) is 0. The van der Waals surface area contributed by atoms with Crippen molar-refractivity contribution in [2.24, 2.45) is 0 Å². The Balaban J connectivity index is 2.19. The van der Waals surface area contributed by atoms with Gasteiger partial charge in [-0.3, -0.25) is 0 Å². The summed E-state index contributed by atoms with van der Waals surface area (Å²) < 4.78 is 4.77. The van der Waals surface area contributed by atoms with Crippen LogP contribution >= 0.6 is 0 Å². The first-order valence-electron chi connectivity index (χ1n) is 4.28. The van der Waals surface area contributed by atoms with E-state index in [1.54, 1.807) is 12.5 Å². The molecule has 2 aromatic rings. The summed E-state index contributed by atoms with van der Waals surface area (Å²) in [6.07, 6.45) is 4.33. The first kappa shape index (κ1) is 8.05. The Morgan fingerprint density at radius 1 is 1.31 bits per heavy atom. The highest BCUT2D eigenvalue weighted by Crippen LogP contribution is 2.09. The molecule has 0 fully saturated rings. The fraction of sp³-hybridized carbons (Fsp3) is 0.182. The lowest BCUT2D eigenvalue weighted by Crippen LogP contribution is -1.85. The number of hydrogen-bond donors (Lipinski definition) is 0. The van der Waals surface area contributed by atoms with Crippen LogP contribution in [0, 0.1) is 6.92 Å². The molecule has 0 atom stereocenters. The Kier molecular flexibility index (Phi) is 2.13. The van der Waals surface area contributed by atoms with E-state index < -0.39 is 0 Å². The first-order valence-corrected chi connectivity index (χ1v) is 4.28. The Morgan fingerprint density at radius 3 is 2.92 bits per heavy atom. The Labute approximate surface area is 77.2 Å². The molecular weight excluding hydrogens is 162 g/mol. The molecule has 0 spiro atoms. The predicted octanol–water partition coefficient (Wildman–Crippen LogP) is 2.57. The summed E-state index contributed by atoms with van der Waals surface area (Å²) in [5, 5.41) is 3.67. The van der Waals surface area contributed by atoms with Gasteiger partial charge in [-0.1, -0.05) is 35.0 Å². The van der Waals surface area contributed by atoms with Crippen LogP contribution in [0.5, 0.6) is 0 Å². The Hall–Kier alpha value is -1.57. The van der Waals surface area contributed by atoms with Gasteiger partial charge in [-0.05, 0) is 12.5 Å². The van der Waals surface area contributed by atoms with E-state index in [0.29, 0.717) is 0 Å². The number of aryl methyl sites for hydroxylation is 1. The van der Waals surface area contributed by atoms with Crippen LogP contribution in [0.3, 0.4) is 0 Å². The third-order valence-corrected chi connectivity index (χ3v) is 1.97. The van der Waals surface area contributed by atoms with Crippen molar-refractivity contribution in [3.05, 3.63) is 53.4 Å². The fourth-order valence-corrected chi connectivity index (χ4v) is 1.37. The number of nitrogens with zero attached hydrogens (tertiary/aromatic N) is 1. The second-order valence-electron chi connectivity index (χ2n) is 3.20. The maximum Gasteiger partial charge on any atom is 0.127 e. The highest BCUT2D eigenvalue weighted by atomic mass is 16.5. The number of rotatable bonds is 2. The molecule has 0 N–H and O–H groups in total. The van der Waals surface area contributed by atoms with Crippen LogP contribution in [0.25, 0.3) is 0 Å². The third kappa shape index (κ3) is 1.96. The van der Waals surface area contributed by atoms with Crippen molar-refractivity contribution in [1.82, 2.24) is 5.16 Å². The zero-order chi connectivity index (χ0) is 9.10. The molecule has 2 rings (SSSR count). The van der Waals surface area contributed by atoms with Crippen molar-refractivity contribution in [1.29, 1.82) is 0 Å². The van der Waals surface area contributed by atoms with Crippen LogP contribution in [-0.2, 0) is 6.42 Å². The number of aromatic nitrogens is 1. The van der Waals surface area contributed by atoms with Crippen LogP contribution < -0.4 is 0 Å². The summed E-state index contributed by atoms with van der Waals surface area (Å²) >= 11 is 0. The van der Waals surface area contributed by atoms with Crippen LogP contribution in [0.4, 0.5) is 0 Å². The second-order valence-corrected chi connectivity index (χ2v) is 3.20. The molecular formula is C11H11NO. The van der Waals surface area contributed by atoms with Crippen LogP contribution in [-0.4, -0.2) is 5.16 Å². The van der Waals surface area contributed by atoms with Gasteiger partial charge in [-0.2, -0.15) is 0 Å². The molecule has 0 saturated heterocycles. The summed E-state index contributed by atoms with van der Waals surface area (Å²) in [5.41, 5.74) is 3.70. The molecule has 1 aromatic carbocycles. The average molecular weight is 173 g/mol. The van der Waals surface area contributed by atoms with Crippen molar-refractivity contribution >= 4 is 0 Å². The minimum absolute atomic E-state index is 0.894. The van der Waals surface area contributed by atoms with Gasteiger partial charge in [0.1, 0.15) is 6.26 Å². The molecule has 0 saturated carbocycles. The van der Waals surface area contributed by atoms with Crippen molar-refractivity contribution in [2.45, 2.75) is 13.3 Å². The zero-order valence-electron chi connectivity index (χ0n) is 7.53. The standard InChI is InChI=1S/C11H11NO/c1-9-3-2-4-10(5-9)6-11-7-12-13-8-11/h2-5,7-8H,6H2,1H3. The van der Waals surface area contributed by atoms with Gasteiger partial charge in [-0.15, -0.1) is 0 Å². The topological polar surface area (TPSA) is 26.0 Å². The highest BCUT2D eigenvalue weighted by molar-refractivity contribution is 5.26. The minimum Gasteiger partial charge on any atom is -0.364 e. The third-order valence-electron chi connectivity index (χ3n) is 1.97. The van der Waals surface area contributed by atoms with Crippen molar-refractivity contribution in [2.75, 3.05) is 0 Å². The highest BCUT2D eigenvalue weighted by Gasteiger charge is 1.97. The monoisotopic (exact) mass is 173 g/mol. The molecule has 1 heterocycles. The van der Waals surface area contributed by atoms with E-state index in [2.05, 4.69) is 36.3 Å². The summed E-state index contributed by atoms with van der Waals surface area (Å²) in [5.74, 6) is 0. The molecule has 2 nitrogen and oxygen atoms in total. The lowest BCUT2D eigenvalue weighted by molar-refractivity contribution is 0.419. The zero-order valence-corrected chi connectivity index (χ0v) is 7.53. The Bertz CT molecular complexity index is 379. The molecule has 0 unspecified atom stereocenters. The van der Waals surface area contributed by atoms with E-state index in [4.69, 9.17) is 4.52 Å². The molecule has 66 valence electrons. The first-order chi connectivity index (χ1) is 6.34. The normalized spacial score (nSPS) is 10.2. The van der Waals surface area contributed by atoms with Crippen molar-refractivity contribution < 1.29 is 4.52 Å². The van der Waals surface area contributed by atoms with E-state index in [1.807, 2.05) is 0 Å². The summed E-state index contributed by atoms with van der Waals surface area (Å²) in [6.45, 7) is 2.09. The second kappa shape index (κ2) is 3.44. The maximum atomic E-state index is 4.77.